The Morgan fingerprint density at radius 3 is 2.36 bits per heavy atom. The Hall–Kier alpha value is -1.19. The minimum absolute atomic E-state index is 0.899. The predicted molar refractivity (Wildman–Crippen MR) is 60.9 cm³/mol. The molecule has 14 heavy (non-hydrogen) atoms. The van der Waals surface area contributed by atoms with E-state index in [2.05, 4.69) is 5.32 Å². The van der Waals surface area contributed by atoms with Crippen LogP contribution in [0.1, 0.15) is 0 Å². The normalized spacial score (nSPS) is 18.1. The summed E-state index contributed by atoms with van der Waals surface area (Å²) in [5, 5.41) is 16.8. The van der Waals surface area contributed by atoms with Gasteiger partial charge in [-0.2, -0.15) is 0 Å². The average molecular weight is 205 g/mol. The number of nitrogens with one attached hydrogen (secondary N) is 1. The quantitative estimate of drug-likeness (QED) is 0.728. The van der Waals surface area contributed by atoms with Gasteiger partial charge in [-0.05, 0) is 35.1 Å². The molecule has 2 rings (SSSR count). The highest BCUT2D eigenvalue weighted by molar-refractivity contribution is 8.04. The van der Waals surface area contributed by atoms with Crippen LogP contribution >= 0.6 is 11.8 Å². The number of benzene rings is 1. The molecular formula is C11H11NOS. The molecule has 0 saturated heterocycles. The Kier molecular flexibility index (Phi) is 2.61. The molecule has 0 radical (unpaired) electrons. The van der Waals surface area contributed by atoms with Crippen molar-refractivity contribution in [1.82, 2.24) is 0 Å². The van der Waals surface area contributed by atoms with E-state index in [0.29, 0.717) is 0 Å². The summed E-state index contributed by atoms with van der Waals surface area (Å²) in [6.45, 7) is 0. The highest BCUT2D eigenvalue weighted by atomic mass is 32.2. The third kappa shape index (κ3) is 2.19. The van der Waals surface area contributed by atoms with Gasteiger partial charge in [0.2, 0.25) is 0 Å². The molecule has 1 aromatic rings. The first-order valence-electron chi connectivity index (χ1n) is 4.35. The summed E-state index contributed by atoms with van der Waals surface area (Å²) in [6, 6.07) is 9.63. The third-order valence-corrected chi connectivity index (χ3v) is 2.51. The van der Waals surface area contributed by atoms with Gasteiger partial charge in [0, 0.05) is 5.69 Å². The highest BCUT2D eigenvalue weighted by Crippen LogP contribution is 2.22. The van der Waals surface area contributed by atoms with Gasteiger partial charge >= 0.3 is 0 Å². The van der Waals surface area contributed by atoms with Gasteiger partial charge in [0.25, 0.3) is 0 Å². The van der Waals surface area contributed by atoms with E-state index in [1.807, 2.05) is 41.1 Å². The largest absolute Gasteiger partial charge is 0.364 e. The van der Waals surface area contributed by atoms with Crippen LogP contribution in [0.2, 0.25) is 0 Å². The van der Waals surface area contributed by atoms with Crippen molar-refractivity contribution in [3.63, 3.8) is 0 Å². The van der Waals surface area contributed by atoms with Crippen LogP contribution in [0.4, 0.5) is 5.69 Å². The Labute approximate surface area is 87.3 Å². The van der Waals surface area contributed by atoms with E-state index in [1.54, 1.807) is 23.9 Å². The summed E-state index contributed by atoms with van der Waals surface area (Å²) in [5.74, 6) is 0. The molecule has 2 N–H and O–H groups in total. The summed E-state index contributed by atoms with van der Waals surface area (Å²) in [7, 11) is 0. The lowest BCUT2D eigenvalue weighted by Crippen LogP contribution is -2.33. The van der Waals surface area contributed by atoms with Crippen LogP contribution in [0.25, 0.3) is 0 Å². The summed E-state index contributed by atoms with van der Waals surface area (Å²) >= 11 is 1.55. The van der Waals surface area contributed by atoms with Gasteiger partial charge in [-0.15, -0.1) is 11.8 Å². The van der Waals surface area contributed by atoms with Gasteiger partial charge in [0.15, 0.2) is 5.72 Å². The van der Waals surface area contributed by atoms with Gasteiger partial charge in [0.1, 0.15) is 0 Å². The van der Waals surface area contributed by atoms with Gasteiger partial charge in [-0.25, -0.2) is 0 Å². The molecule has 0 atom stereocenters. The highest BCUT2D eigenvalue weighted by Gasteiger charge is 2.20. The zero-order chi connectivity index (χ0) is 9.86. The molecule has 0 amide bonds. The zero-order valence-corrected chi connectivity index (χ0v) is 8.37. The molecular weight excluding hydrogens is 194 g/mol. The van der Waals surface area contributed by atoms with Crippen LogP contribution < -0.4 is 5.32 Å². The Balaban J connectivity index is 2.14. The second-order valence-electron chi connectivity index (χ2n) is 3.06. The van der Waals surface area contributed by atoms with E-state index in [-0.39, 0.29) is 0 Å². The Bertz CT molecular complexity index is 347. The first-order chi connectivity index (χ1) is 6.79. The first-order valence-corrected chi connectivity index (χ1v) is 5.29. The van der Waals surface area contributed by atoms with E-state index < -0.39 is 5.72 Å². The molecule has 72 valence electrons. The first kappa shape index (κ1) is 9.37. The Morgan fingerprint density at radius 1 is 1.07 bits per heavy atom. The lowest BCUT2D eigenvalue weighted by atomic mass is 10.2. The SMILES string of the molecule is OC1(Nc2ccccc2)C=CSC=C1. The molecule has 0 spiro atoms. The summed E-state index contributed by atoms with van der Waals surface area (Å²) in [4.78, 5) is 0. The number of aliphatic hydroxyl groups is 1. The molecule has 1 aromatic carbocycles. The van der Waals surface area contributed by atoms with Crippen molar-refractivity contribution in [1.29, 1.82) is 0 Å². The van der Waals surface area contributed by atoms with Crippen LogP contribution in [0.3, 0.4) is 0 Å². The van der Waals surface area contributed by atoms with Crippen molar-refractivity contribution in [2.75, 3.05) is 5.32 Å². The molecule has 0 saturated carbocycles. The van der Waals surface area contributed by atoms with Crippen LogP contribution in [0.15, 0.2) is 53.3 Å². The van der Waals surface area contributed by atoms with Crippen LogP contribution in [-0.4, -0.2) is 10.8 Å². The number of para-hydroxylation sites is 1. The molecule has 0 aliphatic carbocycles. The predicted octanol–water partition coefficient (Wildman–Crippen LogP) is 2.56. The lowest BCUT2D eigenvalue weighted by Gasteiger charge is -2.25. The number of anilines is 1. The third-order valence-electron chi connectivity index (χ3n) is 1.92. The van der Waals surface area contributed by atoms with Crippen LogP contribution in [0.5, 0.6) is 0 Å². The molecule has 0 aromatic heterocycles. The second kappa shape index (κ2) is 3.90. The van der Waals surface area contributed by atoms with E-state index >= 15 is 0 Å². The van der Waals surface area contributed by atoms with E-state index in [9.17, 15) is 5.11 Å². The molecule has 1 aliphatic rings. The topological polar surface area (TPSA) is 32.3 Å². The van der Waals surface area contributed by atoms with Crippen LogP contribution in [0, 0.1) is 0 Å². The van der Waals surface area contributed by atoms with Crippen LogP contribution in [-0.2, 0) is 0 Å². The maximum Gasteiger partial charge on any atom is 0.176 e. The van der Waals surface area contributed by atoms with Crippen molar-refractivity contribution < 1.29 is 5.11 Å². The minimum Gasteiger partial charge on any atom is -0.364 e. The minimum atomic E-state index is -1.05. The zero-order valence-electron chi connectivity index (χ0n) is 7.55. The summed E-state index contributed by atoms with van der Waals surface area (Å²) < 4.78 is 0. The van der Waals surface area contributed by atoms with Gasteiger partial charge in [-0.1, -0.05) is 18.2 Å². The number of thioether (sulfide) groups is 1. The standard InChI is InChI=1S/C11H11NOS/c13-11(6-8-14-9-7-11)12-10-4-2-1-3-5-10/h1-9,12-13H. The fraction of sp³-hybridized carbons (Fsp3) is 0.0909. The second-order valence-corrected chi connectivity index (χ2v) is 3.87. The number of rotatable bonds is 2. The van der Waals surface area contributed by atoms with Crippen molar-refractivity contribution in [3.05, 3.63) is 53.3 Å². The average Bonchev–Trinajstić information content (AvgIpc) is 2.19. The molecule has 0 unspecified atom stereocenters. The molecule has 1 heterocycles. The van der Waals surface area contributed by atoms with Gasteiger partial charge in [0.05, 0.1) is 0 Å². The smallest absolute Gasteiger partial charge is 0.176 e. The van der Waals surface area contributed by atoms with E-state index in [4.69, 9.17) is 0 Å². The van der Waals surface area contributed by atoms with Gasteiger partial charge in [-0.3, -0.25) is 0 Å². The van der Waals surface area contributed by atoms with Crippen molar-refractivity contribution >= 4 is 17.4 Å². The molecule has 3 heteroatoms. The lowest BCUT2D eigenvalue weighted by molar-refractivity contribution is 0.173. The molecule has 0 bridgehead atoms. The maximum absolute atomic E-state index is 10.0. The summed E-state index contributed by atoms with van der Waals surface area (Å²) in [5.41, 5.74) is -0.150. The number of hydrogen-bond donors (Lipinski definition) is 2. The van der Waals surface area contributed by atoms with Crippen molar-refractivity contribution in [2.24, 2.45) is 0 Å². The molecule has 1 aliphatic heterocycles. The monoisotopic (exact) mass is 205 g/mol. The fourth-order valence-corrected chi connectivity index (χ4v) is 1.89. The van der Waals surface area contributed by atoms with Gasteiger partial charge < -0.3 is 10.4 Å². The van der Waals surface area contributed by atoms with Crippen molar-refractivity contribution in [3.8, 4) is 0 Å². The van der Waals surface area contributed by atoms with E-state index in [0.717, 1.165) is 5.69 Å². The van der Waals surface area contributed by atoms with E-state index in [1.165, 1.54) is 0 Å². The Morgan fingerprint density at radius 2 is 1.71 bits per heavy atom. The summed E-state index contributed by atoms with van der Waals surface area (Å²) in [6.07, 6.45) is 3.45. The fourth-order valence-electron chi connectivity index (χ4n) is 1.22. The molecule has 2 nitrogen and oxygen atoms in total. The maximum atomic E-state index is 10.0. The number of hydrogen-bond acceptors (Lipinski definition) is 3. The molecule has 0 fully saturated rings. The van der Waals surface area contributed by atoms with Crippen molar-refractivity contribution in [2.45, 2.75) is 5.72 Å².